The summed E-state index contributed by atoms with van der Waals surface area (Å²) in [6.45, 7) is 11.1. The molecule has 35 heavy (non-hydrogen) atoms. The quantitative estimate of drug-likeness (QED) is 0.295. The van der Waals surface area contributed by atoms with Crippen molar-refractivity contribution < 1.29 is 22.5 Å². The zero-order valence-corrected chi connectivity index (χ0v) is 21.8. The number of thiazole rings is 1. The highest BCUT2D eigenvalue weighted by Gasteiger charge is 2.45. The van der Waals surface area contributed by atoms with Crippen LogP contribution in [-0.4, -0.2) is 37.0 Å². The van der Waals surface area contributed by atoms with Gasteiger partial charge in [0.1, 0.15) is 16.7 Å². The van der Waals surface area contributed by atoms with Gasteiger partial charge < -0.3 is 9.64 Å². The number of benzene rings is 2. The van der Waals surface area contributed by atoms with Crippen molar-refractivity contribution in [2.45, 2.75) is 68.6 Å². The van der Waals surface area contributed by atoms with Crippen molar-refractivity contribution in [2.75, 3.05) is 18.0 Å². The average molecular weight is 513 g/mol. The van der Waals surface area contributed by atoms with Crippen molar-refractivity contribution in [1.29, 1.82) is 0 Å². The van der Waals surface area contributed by atoms with E-state index in [1.54, 1.807) is 6.07 Å². The van der Waals surface area contributed by atoms with Crippen LogP contribution >= 0.6 is 11.3 Å². The molecule has 0 saturated heterocycles. The summed E-state index contributed by atoms with van der Waals surface area (Å²) in [5.41, 5.74) is 5.13. The highest BCUT2D eigenvalue weighted by atomic mass is 32.2. The molecule has 0 radical (unpaired) electrons. The Bertz CT molecular complexity index is 1520. The van der Waals surface area contributed by atoms with E-state index in [-0.39, 0.29) is 21.7 Å². The topological polar surface area (TPSA) is 96.8 Å². The fourth-order valence-electron chi connectivity index (χ4n) is 5.77. The van der Waals surface area contributed by atoms with E-state index in [2.05, 4.69) is 43.6 Å². The van der Waals surface area contributed by atoms with Crippen LogP contribution in [0.4, 0.5) is 5.69 Å². The summed E-state index contributed by atoms with van der Waals surface area (Å²) < 4.78 is 39.3. The van der Waals surface area contributed by atoms with E-state index in [0.29, 0.717) is 22.7 Å². The van der Waals surface area contributed by atoms with Gasteiger partial charge in [0.2, 0.25) is 0 Å². The number of carbonyl (C=O) groups excluding carboxylic acids is 1. The molecule has 0 spiro atoms. The van der Waals surface area contributed by atoms with Crippen LogP contribution < -0.4 is 9.64 Å². The Morgan fingerprint density at radius 2 is 1.83 bits per heavy atom. The number of aromatic nitrogens is 1. The highest BCUT2D eigenvalue weighted by molar-refractivity contribution is 7.85. The number of rotatable bonds is 2. The number of fused-ring (bicyclic) bond motifs is 3. The lowest BCUT2D eigenvalue weighted by atomic mass is 9.68. The second-order valence-electron chi connectivity index (χ2n) is 11.2. The van der Waals surface area contributed by atoms with Crippen LogP contribution in [0.2, 0.25) is 0 Å². The van der Waals surface area contributed by atoms with E-state index < -0.39 is 16.0 Å². The fourth-order valence-corrected chi connectivity index (χ4v) is 7.31. The summed E-state index contributed by atoms with van der Waals surface area (Å²) in [4.78, 5) is 20.2. The smallest absolute Gasteiger partial charge is 0.321 e. The molecule has 0 aliphatic carbocycles. The van der Waals surface area contributed by atoms with Gasteiger partial charge in [0.15, 0.2) is 0 Å². The predicted molar refractivity (Wildman–Crippen MR) is 135 cm³/mol. The summed E-state index contributed by atoms with van der Waals surface area (Å²) >= 11 is 1.35. The molecule has 7 nitrogen and oxygen atoms in total. The maximum atomic E-state index is 13.3. The zero-order valence-electron chi connectivity index (χ0n) is 20.2. The van der Waals surface area contributed by atoms with Gasteiger partial charge in [-0.3, -0.25) is 9.35 Å². The Kier molecular flexibility index (Phi) is 4.77. The summed E-state index contributed by atoms with van der Waals surface area (Å²) in [6.07, 6.45) is 2.58. The molecule has 3 aromatic rings. The number of nitrogens with zero attached hydrogens (tertiary/aromatic N) is 2. The zero-order chi connectivity index (χ0) is 24.9. The van der Waals surface area contributed by atoms with Gasteiger partial charge in [0, 0.05) is 24.3 Å². The maximum Gasteiger partial charge on any atom is 0.321 e. The summed E-state index contributed by atoms with van der Waals surface area (Å²) in [6, 6.07) is 6.54. The van der Waals surface area contributed by atoms with Crippen molar-refractivity contribution in [2.24, 2.45) is 0 Å². The van der Waals surface area contributed by atoms with Crippen LogP contribution in [0.5, 0.6) is 5.75 Å². The largest absolute Gasteiger partial charge is 0.425 e. The highest BCUT2D eigenvalue weighted by Crippen LogP contribution is 2.55. The van der Waals surface area contributed by atoms with Crippen molar-refractivity contribution in [3.05, 3.63) is 46.0 Å². The van der Waals surface area contributed by atoms with E-state index in [0.717, 1.165) is 41.8 Å². The number of esters is 1. The second-order valence-corrected chi connectivity index (χ2v) is 13.7. The average Bonchev–Trinajstić information content (AvgIpc) is 3.19. The van der Waals surface area contributed by atoms with Gasteiger partial charge in [0.25, 0.3) is 10.1 Å². The van der Waals surface area contributed by atoms with Crippen molar-refractivity contribution in [1.82, 2.24) is 4.98 Å². The molecule has 1 N–H and O–H groups in total. The molecule has 1 unspecified atom stereocenters. The normalized spacial score (nSPS) is 22.5. The number of carbonyl (C=O) groups is 1. The molecule has 0 bridgehead atoms. The molecule has 1 aromatic heterocycles. The van der Waals surface area contributed by atoms with E-state index in [4.69, 9.17) is 4.74 Å². The van der Waals surface area contributed by atoms with Crippen molar-refractivity contribution >= 4 is 43.3 Å². The monoisotopic (exact) mass is 512 g/mol. The van der Waals surface area contributed by atoms with Gasteiger partial charge in [-0.15, -0.1) is 11.3 Å². The maximum absolute atomic E-state index is 13.3. The molecule has 9 heteroatoms. The lowest BCUT2D eigenvalue weighted by Gasteiger charge is -2.49. The first kappa shape index (κ1) is 22.9. The van der Waals surface area contributed by atoms with Crippen molar-refractivity contribution in [3.8, 4) is 5.75 Å². The lowest BCUT2D eigenvalue weighted by Crippen LogP contribution is -2.45. The molecular formula is C26H28N2O5S2. The van der Waals surface area contributed by atoms with E-state index in [9.17, 15) is 17.8 Å². The predicted octanol–water partition coefficient (Wildman–Crippen LogP) is 4.96. The number of hydrogen-bond donors (Lipinski definition) is 1. The SMILES string of the molecule is CC1(C)CCN2CCC(C)(C)c3c4c(cc1c32)CC(c1nc2cc(S(=O)(=O)O)ccc2s1)C(=O)O4. The Hall–Kier alpha value is -2.49. The standard InChI is InChI=1S/C26H28N2O5S2/c1-25(2)7-9-28-10-8-26(3,4)20-21(28)17(25)12-14-11-16(24(29)33-22(14)20)23-27-18-13-15(35(30,31)32)5-6-19(18)34-23/h5-6,12-13,16H,7-11H2,1-4H3,(H,30,31,32). The Balaban J connectivity index is 1.48. The molecule has 0 fully saturated rings. The first-order valence-electron chi connectivity index (χ1n) is 11.9. The number of anilines is 1. The first-order valence-corrected chi connectivity index (χ1v) is 14.2. The van der Waals surface area contributed by atoms with Gasteiger partial charge in [-0.05, 0) is 65.5 Å². The summed E-state index contributed by atoms with van der Waals surface area (Å²) in [5.74, 6) is -0.174. The van der Waals surface area contributed by atoms with E-state index >= 15 is 0 Å². The minimum absolute atomic E-state index is 0.0298. The van der Waals surface area contributed by atoms with E-state index in [1.165, 1.54) is 34.7 Å². The first-order chi connectivity index (χ1) is 16.3. The molecule has 1 atom stereocenters. The Morgan fingerprint density at radius 3 is 2.54 bits per heavy atom. The third-order valence-corrected chi connectivity index (χ3v) is 9.95. The van der Waals surface area contributed by atoms with Gasteiger partial charge in [-0.25, -0.2) is 4.98 Å². The second kappa shape index (κ2) is 7.27. The fraction of sp³-hybridized carbons (Fsp3) is 0.462. The van der Waals surface area contributed by atoms with Crippen LogP contribution in [0.25, 0.3) is 10.2 Å². The Morgan fingerprint density at radius 1 is 1.11 bits per heavy atom. The molecule has 0 saturated carbocycles. The van der Waals surface area contributed by atoms with Crippen LogP contribution in [0.1, 0.15) is 68.2 Å². The number of ether oxygens (including phenoxy) is 1. The third-order valence-electron chi connectivity index (χ3n) is 7.95. The molecule has 3 aliphatic rings. The van der Waals surface area contributed by atoms with Gasteiger partial charge in [0.05, 0.1) is 15.1 Å². The molecule has 2 aromatic carbocycles. The number of hydrogen-bond acceptors (Lipinski definition) is 7. The minimum atomic E-state index is -4.33. The molecule has 184 valence electrons. The van der Waals surface area contributed by atoms with Gasteiger partial charge >= 0.3 is 5.97 Å². The van der Waals surface area contributed by atoms with Crippen LogP contribution in [0, 0.1) is 0 Å². The van der Waals surface area contributed by atoms with Crippen LogP contribution in [0.3, 0.4) is 0 Å². The Labute approximate surface area is 208 Å². The lowest BCUT2D eigenvalue weighted by molar-refractivity contribution is -0.137. The van der Waals surface area contributed by atoms with Gasteiger partial charge in [-0.2, -0.15) is 8.42 Å². The minimum Gasteiger partial charge on any atom is -0.425 e. The summed E-state index contributed by atoms with van der Waals surface area (Å²) in [7, 11) is -4.33. The van der Waals surface area contributed by atoms with Crippen LogP contribution in [-0.2, 0) is 32.2 Å². The summed E-state index contributed by atoms with van der Waals surface area (Å²) in [5, 5.41) is 0.592. The third kappa shape index (κ3) is 3.50. The molecule has 0 amide bonds. The molecular weight excluding hydrogens is 484 g/mol. The molecule has 4 heterocycles. The van der Waals surface area contributed by atoms with E-state index in [1.807, 2.05) is 0 Å². The van der Waals surface area contributed by atoms with Crippen LogP contribution in [0.15, 0.2) is 29.2 Å². The molecule has 3 aliphatic heterocycles. The van der Waals surface area contributed by atoms with Crippen molar-refractivity contribution in [3.63, 3.8) is 0 Å². The molecule has 6 rings (SSSR count). The van der Waals surface area contributed by atoms with Gasteiger partial charge in [-0.1, -0.05) is 27.7 Å².